The SMILES string of the molecule is O=C(c1ccc(F)cc1)N1CCN(CC2CN(C(=O)c3ccccc3Cl)CCO2)CC1. The summed E-state index contributed by atoms with van der Waals surface area (Å²) in [7, 11) is 0. The minimum absolute atomic E-state index is 0.0754. The van der Waals surface area contributed by atoms with Crippen LogP contribution in [0, 0.1) is 5.82 Å². The number of piperazine rings is 1. The molecule has 1 atom stereocenters. The molecule has 0 aromatic heterocycles. The van der Waals surface area contributed by atoms with Gasteiger partial charge in [0.15, 0.2) is 0 Å². The molecule has 0 bridgehead atoms. The number of benzene rings is 2. The topological polar surface area (TPSA) is 53.1 Å². The molecule has 4 rings (SSSR count). The minimum atomic E-state index is -0.351. The van der Waals surface area contributed by atoms with E-state index < -0.39 is 0 Å². The van der Waals surface area contributed by atoms with Crippen LogP contribution in [0.4, 0.5) is 4.39 Å². The quantitative estimate of drug-likeness (QED) is 0.726. The Labute approximate surface area is 186 Å². The summed E-state index contributed by atoms with van der Waals surface area (Å²) < 4.78 is 19.0. The first-order valence-corrected chi connectivity index (χ1v) is 10.8. The van der Waals surface area contributed by atoms with Crippen molar-refractivity contribution in [1.29, 1.82) is 0 Å². The van der Waals surface area contributed by atoms with Gasteiger partial charge in [0.1, 0.15) is 5.82 Å². The van der Waals surface area contributed by atoms with E-state index in [-0.39, 0.29) is 23.7 Å². The highest BCUT2D eigenvalue weighted by atomic mass is 35.5. The second-order valence-electron chi connectivity index (χ2n) is 7.82. The summed E-state index contributed by atoms with van der Waals surface area (Å²) in [5, 5.41) is 0.456. The second kappa shape index (κ2) is 9.77. The zero-order chi connectivity index (χ0) is 21.8. The van der Waals surface area contributed by atoms with Crippen molar-refractivity contribution in [1.82, 2.24) is 14.7 Å². The highest BCUT2D eigenvalue weighted by molar-refractivity contribution is 6.33. The molecule has 31 heavy (non-hydrogen) atoms. The molecule has 8 heteroatoms. The number of amides is 2. The van der Waals surface area contributed by atoms with Gasteiger partial charge in [-0.3, -0.25) is 14.5 Å². The van der Waals surface area contributed by atoms with E-state index in [2.05, 4.69) is 4.90 Å². The Hall–Kier alpha value is -2.48. The zero-order valence-electron chi connectivity index (χ0n) is 17.2. The molecule has 2 aromatic carbocycles. The van der Waals surface area contributed by atoms with E-state index in [4.69, 9.17) is 16.3 Å². The standard InChI is InChI=1S/C23H25ClFN3O3/c24-21-4-2-1-3-20(21)23(30)28-13-14-31-19(16-28)15-26-9-11-27(12-10-26)22(29)17-5-7-18(25)8-6-17/h1-8,19H,9-16H2. The van der Waals surface area contributed by atoms with Crippen LogP contribution in [-0.2, 0) is 4.74 Å². The van der Waals surface area contributed by atoms with E-state index in [9.17, 15) is 14.0 Å². The lowest BCUT2D eigenvalue weighted by Gasteiger charge is -2.39. The first kappa shape index (κ1) is 21.7. The fourth-order valence-corrected chi connectivity index (χ4v) is 4.23. The summed E-state index contributed by atoms with van der Waals surface area (Å²) in [6.07, 6.45) is -0.0838. The maximum Gasteiger partial charge on any atom is 0.255 e. The van der Waals surface area contributed by atoms with Gasteiger partial charge in [-0.1, -0.05) is 23.7 Å². The maximum atomic E-state index is 13.1. The van der Waals surface area contributed by atoms with Crippen molar-refractivity contribution in [2.45, 2.75) is 6.10 Å². The Morgan fingerprint density at radius 3 is 2.35 bits per heavy atom. The van der Waals surface area contributed by atoms with Crippen LogP contribution in [-0.4, -0.2) is 85.0 Å². The van der Waals surface area contributed by atoms with Gasteiger partial charge in [-0.2, -0.15) is 0 Å². The molecule has 0 N–H and O–H groups in total. The summed E-state index contributed by atoms with van der Waals surface area (Å²) in [6.45, 7) is 4.90. The normalized spacial score (nSPS) is 20.0. The summed E-state index contributed by atoms with van der Waals surface area (Å²) >= 11 is 6.18. The van der Waals surface area contributed by atoms with E-state index in [0.29, 0.717) is 55.5 Å². The van der Waals surface area contributed by atoms with Crippen molar-refractivity contribution < 1.29 is 18.7 Å². The van der Waals surface area contributed by atoms with E-state index in [1.807, 2.05) is 12.1 Å². The molecule has 0 aliphatic carbocycles. The van der Waals surface area contributed by atoms with E-state index in [1.165, 1.54) is 24.3 Å². The number of carbonyl (C=O) groups is 2. The van der Waals surface area contributed by atoms with Gasteiger partial charge < -0.3 is 14.5 Å². The van der Waals surface area contributed by atoms with Crippen LogP contribution in [0.2, 0.25) is 5.02 Å². The summed E-state index contributed by atoms with van der Waals surface area (Å²) in [5.74, 6) is -0.505. The molecular formula is C23H25ClFN3O3. The molecule has 2 heterocycles. The Morgan fingerprint density at radius 1 is 0.935 bits per heavy atom. The number of rotatable bonds is 4. The lowest BCUT2D eigenvalue weighted by molar-refractivity contribution is -0.0399. The predicted octanol–water partition coefficient (Wildman–Crippen LogP) is 2.78. The zero-order valence-corrected chi connectivity index (χ0v) is 17.9. The number of carbonyl (C=O) groups excluding carboxylic acids is 2. The monoisotopic (exact) mass is 445 g/mol. The van der Waals surface area contributed by atoms with Crippen molar-refractivity contribution in [2.24, 2.45) is 0 Å². The van der Waals surface area contributed by atoms with Crippen molar-refractivity contribution in [2.75, 3.05) is 52.4 Å². The molecule has 2 aromatic rings. The van der Waals surface area contributed by atoms with Crippen LogP contribution in [0.1, 0.15) is 20.7 Å². The number of nitrogens with zero attached hydrogens (tertiary/aromatic N) is 3. The van der Waals surface area contributed by atoms with Gasteiger partial charge >= 0.3 is 0 Å². The van der Waals surface area contributed by atoms with E-state index in [1.54, 1.807) is 21.9 Å². The Bertz CT molecular complexity index is 932. The Kier molecular flexibility index (Phi) is 6.85. The van der Waals surface area contributed by atoms with Crippen LogP contribution in [0.3, 0.4) is 0 Å². The van der Waals surface area contributed by atoms with Gasteiger partial charge in [-0.05, 0) is 36.4 Å². The van der Waals surface area contributed by atoms with Gasteiger partial charge in [-0.25, -0.2) is 4.39 Å². The van der Waals surface area contributed by atoms with Crippen molar-refractivity contribution in [3.8, 4) is 0 Å². The highest BCUT2D eigenvalue weighted by Gasteiger charge is 2.29. The molecule has 2 aliphatic heterocycles. The van der Waals surface area contributed by atoms with Crippen LogP contribution in [0.25, 0.3) is 0 Å². The molecule has 1 unspecified atom stereocenters. The first-order valence-electron chi connectivity index (χ1n) is 10.4. The molecule has 0 radical (unpaired) electrons. The van der Waals surface area contributed by atoms with Crippen molar-refractivity contribution in [3.63, 3.8) is 0 Å². The average Bonchev–Trinajstić information content (AvgIpc) is 2.80. The maximum absolute atomic E-state index is 13.1. The van der Waals surface area contributed by atoms with Gasteiger partial charge in [0, 0.05) is 51.4 Å². The molecule has 0 spiro atoms. The van der Waals surface area contributed by atoms with Gasteiger partial charge in [0.2, 0.25) is 0 Å². The van der Waals surface area contributed by atoms with Crippen LogP contribution >= 0.6 is 11.6 Å². The minimum Gasteiger partial charge on any atom is -0.373 e. The third-order valence-electron chi connectivity index (χ3n) is 5.74. The number of morpholine rings is 1. The molecule has 2 amide bonds. The summed E-state index contributed by atoms with van der Waals surface area (Å²) in [5.41, 5.74) is 1.01. The van der Waals surface area contributed by atoms with Crippen molar-refractivity contribution in [3.05, 3.63) is 70.5 Å². The third-order valence-corrected chi connectivity index (χ3v) is 6.07. The molecule has 2 fully saturated rings. The van der Waals surface area contributed by atoms with Crippen LogP contribution < -0.4 is 0 Å². The average molecular weight is 446 g/mol. The molecule has 6 nitrogen and oxygen atoms in total. The lowest BCUT2D eigenvalue weighted by atomic mass is 10.1. The molecule has 2 aliphatic rings. The predicted molar refractivity (Wildman–Crippen MR) is 116 cm³/mol. The van der Waals surface area contributed by atoms with Crippen LogP contribution in [0.15, 0.2) is 48.5 Å². The smallest absolute Gasteiger partial charge is 0.255 e. The third kappa shape index (κ3) is 5.23. The lowest BCUT2D eigenvalue weighted by Crippen LogP contribution is -2.54. The molecular weight excluding hydrogens is 421 g/mol. The van der Waals surface area contributed by atoms with E-state index in [0.717, 1.165) is 13.1 Å². The number of hydrogen-bond acceptors (Lipinski definition) is 4. The molecule has 0 saturated carbocycles. The second-order valence-corrected chi connectivity index (χ2v) is 8.23. The van der Waals surface area contributed by atoms with Crippen LogP contribution in [0.5, 0.6) is 0 Å². The number of hydrogen-bond donors (Lipinski definition) is 0. The fourth-order valence-electron chi connectivity index (χ4n) is 4.02. The first-order chi connectivity index (χ1) is 15.0. The Balaban J connectivity index is 1.28. The van der Waals surface area contributed by atoms with Gasteiger partial charge in [0.25, 0.3) is 11.8 Å². The summed E-state index contributed by atoms with van der Waals surface area (Å²) in [4.78, 5) is 31.3. The van der Waals surface area contributed by atoms with Gasteiger partial charge in [0.05, 0.1) is 23.3 Å². The summed E-state index contributed by atoms with van der Waals surface area (Å²) in [6, 6.07) is 12.7. The number of halogens is 2. The fraction of sp³-hybridized carbons (Fsp3) is 0.391. The highest BCUT2D eigenvalue weighted by Crippen LogP contribution is 2.19. The molecule has 164 valence electrons. The Morgan fingerprint density at radius 2 is 1.65 bits per heavy atom. The van der Waals surface area contributed by atoms with E-state index >= 15 is 0 Å². The molecule has 2 saturated heterocycles. The number of ether oxygens (including phenoxy) is 1. The van der Waals surface area contributed by atoms with Crippen molar-refractivity contribution >= 4 is 23.4 Å². The largest absolute Gasteiger partial charge is 0.373 e. The van der Waals surface area contributed by atoms with Gasteiger partial charge in [-0.15, -0.1) is 0 Å².